The summed E-state index contributed by atoms with van der Waals surface area (Å²) < 4.78 is 4.75. The summed E-state index contributed by atoms with van der Waals surface area (Å²) in [5.41, 5.74) is 0. The lowest BCUT2D eigenvalue weighted by molar-refractivity contribution is -0.145. The van der Waals surface area contributed by atoms with Crippen molar-refractivity contribution >= 4 is 17.8 Å². The fraction of sp³-hybridized carbons (Fsp3) is 0.833. The molecule has 0 bridgehead atoms. The summed E-state index contributed by atoms with van der Waals surface area (Å²) in [5, 5.41) is 2.74. The molecule has 0 aromatic carbocycles. The Balaban J connectivity index is 2.43. The van der Waals surface area contributed by atoms with Crippen LogP contribution in [0.5, 0.6) is 0 Å². The van der Waals surface area contributed by atoms with Crippen LogP contribution < -0.4 is 5.32 Å². The van der Waals surface area contributed by atoms with Crippen LogP contribution in [0, 0.1) is 11.8 Å². The summed E-state index contributed by atoms with van der Waals surface area (Å²) in [7, 11) is 1.32. The van der Waals surface area contributed by atoms with Gasteiger partial charge in [0, 0.05) is 25.9 Å². The first-order chi connectivity index (χ1) is 11.3. The Bertz CT molecular complexity index is 431. The topological polar surface area (TPSA) is 75.7 Å². The van der Waals surface area contributed by atoms with Crippen LogP contribution >= 0.6 is 0 Å². The lowest BCUT2D eigenvalue weighted by Gasteiger charge is -2.28. The van der Waals surface area contributed by atoms with Crippen molar-refractivity contribution in [3.8, 4) is 0 Å². The first kappa shape index (κ1) is 20.5. The first-order valence-electron chi connectivity index (χ1n) is 8.98. The van der Waals surface area contributed by atoms with Gasteiger partial charge in [0.05, 0.1) is 7.11 Å². The smallest absolute Gasteiger partial charge is 0.328 e. The average Bonchev–Trinajstić information content (AvgIpc) is 2.53. The van der Waals surface area contributed by atoms with Crippen molar-refractivity contribution in [2.24, 2.45) is 11.8 Å². The molecular formula is C18H32N2O4. The van der Waals surface area contributed by atoms with Crippen LogP contribution in [0.4, 0.5) is 0 Å². The Labute approximate surface area is 145 Å². The highest BCUT2D eigenvalue weighted by atomic mass is 16.5. The molecule has 0 radical (unpaired) electrons. The summed E-state index contributed by atoms with van der Waals surface area (Å²) in [6, 6.07) is -0.618. The molecule has 0 aromatic rings. The molecule has 1 saturated heterocycles. The number of ether oxygens (including phenoxy) is 1. The molecule has 0 aromatic heterocycles. The van der Waals surface area contributed by atoms with Crippen LogP contribution in [0.1, 0.15) is 59.3 Å². The number of likely N-dealkylation sites (tertiary alicyclic amines) is 1. The number of nitrogens with zero attached hydrogens (tertiary/aromatic N) is 1. The highest BCUT2D eigenvalue weighted by Gasteiger charge is 2.24. The predicted molar refractivity (Wildman–Crippen MR) is 92.2 cm³/mol. The van der Waals surface area contributed by atoms with Crippen LogP contribution in [-0.2, 0) is 19.1 Å². The number of hydrogen-bond donors (Lipinski definition) is 1. The molecule has 2 amide bonds. The van der Waals surface area contributed by atoms with E-state index in [1.165, 1.54) is 13.5 Å². The van der Waals surface area contributed by atoms with E-state index in [1.54, 1.807) is 0 Å². The zero-order valence-corrected chi connectivity index (χ0v) is 15.5. The second-order valence-electron chi connectivity index (χ2n) is 7.23. The standard InChI is InChI=1S/C18H32N2O4/c1-13(2)10-15(18(23)24-4)19-16(21)11-14(3)12-17(22)20-8-6-5-7-9-20/h13-15H,5-12H2,1-4H3,(H,19,21). The van der Waals surface area contributed by atoms with Gasteiger partial charge in [-0.2, -0.15) is 0 Å². The molecule has 0 aliphatic carbocycles. The van der Waals surface area contributed by atoms with E-state index < -0.39 is 12.0 Å². The quantitative estimate of drug-likeness (QED) is 0.687. The third-order valence-electron chi connectivity index (χ3n) is 4.29. The number of carbonyl (C=O) groups is 3. The van der Waals surface area contributed by atoms with E-state index in [0.717, 1.165) is 25.9 Å². The lowest BCUT2D eigenvalue weighted by Crippen LogP contribution is -2.43. The minimum absolute atomic E-state index is 0.0447. The van der Waals surface area contributed by atoms with Crippen molar-refractivity contribution in [1.82, 2.24) is 10.2 Å². The first-order valence-corrected chi connectivity index (χ1v) is 8.98. The van der Waals surface area contributed by atoms with Gasteiger partial charge in [0.1, 0.15) is 6.04 Å². The molecule has 1 aliphatic rings. The molecule has 138 valence electrons. The Morgan fingerprint density at radius 2 is 1.67 bits per heavy atom. The van der Waals surface area contributed by atoms with Gasteiger partial charge in [0.25, 0.3) is 0 Å². The van der Waals surface area contributed by atoms with E-state index in [0.29, 0.717) is 12.8 Å². The molecule has 2 atom stereocenters. The molecule has 1 N–H and O–H groups in total. The number of rotatable bonds is 8. The number of methoxy groups -OCH3 is 1. The van der Waals surface area contributed by atoms with Gasteiger partial charge in [0.15, 0.2) is 0 Å². The van der Waals surface area contributed by atoms with E-state index in [9.17, 15) is 14.4 Å². The van der Waals surface area contributed by atoms with Crippen LogP contribution in [0.2, 0.25) is 0 Å². The Kier molecular flexibility index (Phi) is 8.79. The van der Waals surface area contributed by atoms with Crippen molar-refractivity contribution in [3.05, 3.63) is 0 Å². The molecule has 6 heteroatoms. The molecule has 0 saturated carbocycles. The van der Waals surface area contributed by atoms with Gasteiger partial charge in [0.2, 0.25) is 11.8 Å². The molecule has 1 rings (SSSR count). The monoisotopic (exact) mass is 340 g/mol. The molecule has 2 unspecified atom stereocenters. The maximum absolute atomic E-state index is 12.2. The fourth-order valence-electron chi connectivity index (χ4n) is 3.04. The Morgan fingerprint density at radius 1 is 1.04 bits per heavy atom. The number of carbonyl (C=O) groups excluding carboxylic acids is 3. The van der Waals surface area contributed by atoms with Crippen molar-refractivity contribution < 1.29 is 19.1 Å². The normalized spacial score (nSPS) is 17.3. The van der Waals surface area contributed by atoms with Crippen LogP contribution in [0.3, 0.4) is 0 Å². The molecule has 0 spiro atoms. The third-order valence-corrected chi connectivity index (χ3v) is 4.29. The van der Waals surface area contributed by atoms with Gasteiger partial charge in [-0.1, -0.05) is 20.8 Å². The van der Waals surface area contributed by atoms with E-state index in [1.807, 2.05) is 25.7 Å². The molecular weight excluding hydrogens is 308 g/mol. The number of piperidine rings is 1. The maximum atomic E-state index is 12.2. The fourth-order valence-corrected chi connectivity index (χ4v) is 3.04. The summed E-state index contributed by atoms with van der Waals surface area (Å²) in [4.78, 5) is 38.1. The zero-order valence-electron chi connectivity index (χ0n) is 15.5. The second-order valence-corrected chi connectivity index (χ2v) is 7.23. The van der Waals surface area contributed by atoms with Crippen molar-refractivity contribution in [1.29, 1.82) is 0 Å². The molecule has 1 fully saturated rings. The van der Waals surface area contributed by atoms with Crippen LogP contribution in [0.15, 0.2) is 0 Å². The summed E-state index contributed by atoms with van der Waals surface area (Å²) >= 11 is 0. The number of amides is 2. The van der Waals surface area contributed by atoms with E-state index in [4.69, 9.17) is 4.74 Å². The average molecular weight is 340 g/mol. The molecule has 6 nitrogen and oxygen atoms in total. The Morgan fingerprint density at radius 3 is 2.21 bits per heavy atom. The maximum Gasteiger partial charge on any atom is 0.328 e. The Hall–Kier alpha value is -1.59. The third kappa shape index (κ3) is 7.32. The van der Waals surface area contributed by atoms with Crippen LogP contribution in [-0.4, -0.2) is 48.9 Å². The molecule has 1 heterocycles. The summed E-state index contributed by atoms with van der Waals surface area (Å²) in [6.45, 7) is 7.54. The van der Waals surface area contributed by atoms with E-state index >= 15 is 0 Å². The predicted octanol–water partition coefficient (Wildman–Crippen LogP) is 2.12. The number of esters is 1. The number of hydrogen-bond acceptors (Lipinski definition) is 4. The number of nitrogens with one attached hydrogen (secondary N) is 1. The second kappa shape index (κ2) is 10.3. The molecule has 24 heavy (non-hydrogen) atoms. The largest absolute Gasteiger partial charge is 0.467 e. The molecule has 1 aliphatic heterocycles. The highest BCUT2D eigenvalue weighted by molar-refractivity contribution is 5.85. The highest BCUT2D eigenvalue weighted by Crippen LogP contribution is 2.15. The minimum Gasteiger partial charge on any atom is -0.467 e. The summed E-state index contributed by atoms with van der Waals surface area (Å²) in [6.07, 6.45) is 4.48. The van der Waals surface area contributed by atoms with Gasteiger partial charge in [-0.15, -0.1) is 0 Å². The summed E-state index contributed by atoms with van der Waals surface area (Å²) in [5.74, 6) is -0.273. The van der Waals surface area contributed by atoms with Gasteiger partial charge in [-0.3, -0.25) is 9.59 Å². The minimum atomic E-state index is -0.618. The van der Waals surface area contributed by atoms with Gasteiger partial charge < -0.3 is 15.0 Å². The van der Waals surface area contributed by atoms with E-state index in [2.05, 4.69) is 5.32 Å². The van der Waals surface area contributed by atoms with Crippen molar-refractivity contribution in [2.75, 3.05) is 20.2 Å². The van der Waals surface area contributed by atoms with Crippen LogP contribution in [0.25, 0.3) is 0 Å². The van der Waals surface area contributed by atoms with Crippen molar-refractivity contribution in [3.63, 3.8) is 0 Å². The van der Waals surface area contributed by atoms with Crippen molar-refractivity contribution in [2.45, 2.75) is 65.3 Å². The lowest BCUT2D eigenvalue weighted by atomic mass is 10.00. The van der Waals surface area contributed by atoms with E-state index in [-0.39, 0.29) is 30.1 Å². The van der Waals surface area contributed by atoms with Gasteiger partial charge in [-0.05, 0) is 37.5 Å². The SMILES string of the molecule is COC(=O)C(CC(C)C)NC(=O)CC(C)CC(=O)N1CCCCC1. The van der Waals surface area contributed by atoms with Gasteiger partial charge >= 0.3 is 5.97 Å². The zero-order chi connectivity index (χ0) is 18.1. The van der Waals surface area contributed by atoms with Gasteiger partial charge in [-0.25, -0.2) is 4.79 Å².